The second kappa shape index (κ2) is 5.92. The van der Waals surface area contributed by atoms with Crippen LogP contribution in [0.25, 0.3) is 0 Å². The third kappa shape index (κ3) is 3.38. The summed E-state index contributed by atoms with van der Waals surface area (Å²) >= 11 is 0. The van der Waals surface area contributed by atoms with Crippen LogP contribution in [0.15, 0.2) is 24.3 Å². The number of urea groups is 1. The molecule has 1 heterocycles. The van der Waals surface area contributed by atoms with E-state index >= 15 is 0 Å². The lowest BCUT2D eigenvalue weighted by Gasteiger charge is -2.21. The highest BCUT2D eigenvalue weighted by Crippen LogP contribution is 2.20. The maximum absolute atomic E-state index is 12.1. The second-order valence-corrected chi connectivity index (χ2v) is 4.96. The van der Waals surface area contributed by atoms with E-state index in [0.717, 1.165) is 4.90 Å². The summed E-state index contributed by atoms with van der Waals surface area (Å²) in [5, 5.41) is 21.1. The number of likely N-dealkylation sites (tertiary alicyclic amines) is 1. The Balaban J connectivity index is 2.12. The van der Waals surface area contributed by atoms with Crippen LogP contribution in [-0.4, -0.2) is 51.6 Å². The number of carboxylic acids is 1. The number of rotatable bonds is 3. The molecule has 2 atom stereocenters. The van der Waals surface area contributed by atoms with Gasteiger partial charge in [-0.05, 0) is 19.1 Å². The molecule has 7 heteroatoms. The Hall–Kier alpha value is -2.41. The van der Waals surface area contributed by atoms with Gasteiger partial charge >= 0.3 is 12.0 Å². The van der Waals surface area contributed by atoms with Crippen molar-refractivity contribution in [1.29, 1.82) is 0 Å². The SMILES string of the molecule is CC(=O)c1cccc(NC(=O)N2CC(O)C[C@H]2C(=O)O)c1. The van der Waals surface area contributed by atoms with E-state index in [1.807, 2.05) is 0 Å². The zero-order chi connectivity index (χ0) is 15.6. The Morgan fingerprint density at radius 3 is 2.67 bits per heavy atom. The number of carboxylic acid groups (broad SMARTS) is 1. The number of carbonyl (C=O) groups excluding carboxylic acids is 2. The van der Waals surface area contributed by atoms with Crippen LogP contribution in [0.1, 0.15) is 23.7 Å². The first-order chi connectivity index (χ1) is 9.88. The van der Waals surface area contributed by atoms with Crippen LogP contribution in [-0.2, 0) is 4.79 Å². The summed E-state index contributed by atoms with van der Waals surface area (Å²) in [7, 11) is 0. The number of amides is 2. The molecule has 2 amide bonds. The first kappa shape index (κ1) is 15.0. The number of hydrogen-bond donors (Lipinski definition) is 3. The summed E-state index contributed by atoms with van der Waals surface area (Å²) < 4.78 is 0. The van der Waals surface area contributed by atoms with Crippen LogP contribution < -0.4 is 5.32 Å². The average Bonchev–Trinajstić information content (AvgIpc) is 2.81. The number of nitrogens with one attached hydrogen (secondary N) is 1. The zero-order valence-corrected chi connectivity index (χ0v) is 11.4. The van der Waals surface area contributed by atoms with E-state index in [1.165, 1.54) is 13.0 Å². The number of ketones is 1. The predicted octanol–water partition coefficient (Wildman–Crippen LogP) is 0.941. The molecular formula is C14H16N2O5. The van der Waals surface area contributed by atoms with E-state index in [2.05, 4.69) is 5.32 Å². The Labute approximate surface area is 121 Å². The van der Waals surface area contributed by atoms with E-state index in [4.69, 9.17) is 5.11 Å². The normalized spacial score (nSPS) is 21.1. The molecule has 1 fully saturated rings. The van der Waals surface area contributed by atoms with Crippen molar-refractivity contribution in [2.75, 3.05) is 11.9 Å². The van der Waals surface area contributed by atoms with Crippen molar-refractivity contribution in [2.24, 2.45) is 0 Å². The van der Waals surface area contributed by atoms with E-state index in [-0.39, 0.29) is 18.7 Å². The molecule has 0 aliphatic carbocycles. The van der Waals surface area contributed by atoms with E-state index in [0.29, 0.717) is 11.3 Å². The average molecular weight is 292 g/mol. The second-order valence-electron chi connectivity index (χ2n) is 4.96. The van der Waals surface area contributed by atoms with Crippen molar-refractivity contribution >= 4 is 23.5 Å². The first-order valence-corrected chi connectivity index (χ1v) is 6.48. The number of aliphatic hydroxyl groups is 1. The fourth-order valence-electron chi connectivity index (χ4n) is 2.28. The number of benzene rings is 1. The van der Waals surface area contributed by atoms with Crippen molar-refractivity contribution in [3.63, 3.8) is 0 Å². The molecule has 0 spiro atoms. The third-order valence-electron chi connectivity index (χ3n) is 3.35. The minimum absolute atomic E-state index is 0.0102. The smallest absolute Gasteiger partial charge is 0.326 e. The highest BCUT2D eigenvalue weighted by molar-refractivity contribution is 5.97. The lowest BCUT2D eigenvalue weighted by molar-refractivity contribution is -0.141. The van der Waals surface area contributed by atoms with E-state index < -0.39 is 24.1 Å². The van der Waals surface area contributed by atoms with Gasteiger partial charge in [-0.2, -0.15) is 0 Å². The van der Waals surface area contributed by atoms with Gasteiger partial charge in [0.25, 0.3) is 0 Å². The van der Waals surface area contributed by atoms with Crippen molar-refractivity contribution in [2.45, 2.75) is 25.5 Å². The largest absolute Gasteiger partial charge is 0.480 e. The molecule has 7 nitrogen and oxygen atoms in total. The van der Waals surface area contributed by atoms with Gasteiger partial charge in [-0.1, -0.05) is 12.1 Å². The summed E-state index contributed by atoms with van der Waals surface area (Å²) in [4.78, 5) is 35.6. The van der Waals surface area contributed by atoms with Gasteiger partial charge in [0.1, 0.15) is 6.04 Å². The molecule has 1 aliphatic heterocycles. The summed E-state index contributed by atoms with van der Waals surface area (Å²) in [5.74, 6) is -1.29. The highest BCUT2D eigenvalue weighted by atomic mass is 16.4. The monoisotopic (exact) mass is 292 g/mol. The summed E-state index contributed by atoms with van der Waals surface area (Å²) in [6, 6.07) is 4.71. The number of anilines is 1. The fourth-order valence-corrected chi connectivity index (χ4v) is 2.28. The number of aliphatic carboxylic acids is 1. The molecule has 2 rings (SSSR count). The number of carbonyl (C=O) groups is 3. The summed E-state index contributed by atoms with van der Waals surface area (Å²) in [6.07, 6.45) is -0.837. The van der Waals surface area contributed by atoms with Crippen molar-refractivity contribution in [3.8, 4) is 0 Å². The predicted molar refractivity (Wildman–Crippen MR) is 74.2 cm³/mol. The molecule has 0 bridgehead atoms. The maximum atomic E-state index is 12.1. The topological polar surface area (TPSA) is 107 Å². The van der Waals surface area contributed by atoms with Gasteiger partial charge in [0.15, 0.2) is 5.78 Å². The molecule has 1 aromatic rings. The molecule has 21 heavy (non-hydrogen) atoms. The molecule has 0 saturated carbocycles. The lowest BCUT2D eigenvalue weighted by Crippen LogP contribution is -2.43. The van der Waals surface area contributed by atoms with Gasteiger partial charge < -0.3 is 20.4 Å². The van der Waals surface area contributed by atoms with Crippen molar-refractivity contribution in [1.82, 2.24) is 4.90 Å². The van der Waals surface area contributed by atoms with E-state index in [1.54, 1.807) is 18.2 Å². The minimum atomic E-state index is -1.15. The Bertz CT molecular complexity index is 586. The number of nitrogens with zero attached hydrogens (tertiary/aromatic N) is 1. The van der Waals surface area contributed by atoms with Gasteiger partial charge in [-0.25, -0.2) is 9.59 Å². The van der Waals surface area contributed by atoms with Crippen LogP contribution in [0.5, 0.6) is 0 Å². The Morgan fingerprint density at radius 2 is 2.05 bits per heavy atom. The summed E-state index contributed by atoms with van der Waals surface area (Å²) in [6.45, 7) is 1.38. The van der Waals surface area contributed by atoms with E-state index in [9.17, 15) is 19.5 Å². The molecule has 1 saturated heterocycles. The standard InChI is InChI=1S/C14H16N2O5/c1-8(17)9-3-2-4-10(5-9)15-14(21)16-7-11(18)6-12(16)13(19)20/h2-5,11-12,18H,6-7H2,1H3,(H,15,21)(H,19,20)/t11?,12-/m0/s1. The number of Topliss-reactive ketones (excluding diaryl/α,β-unsaturated/α-hetero) is 1. The molecule has 112 valence electrons. The molecule has 0 radical (unpaired) electrons. The molecule has 0 aromatic heterocycles. The van der Waals surface area contributed by atoms with Crippen LogP contribution in [0.3, 0.4) is 0 Å². The number of aliphatic hydroxyl groups excluding tert-OH is 1. The number of β-amino-alcohol motifs (C(OH)–C–C–N with tert-alkyl or cyclic N) is 1. The van der Waals surface area contributed by atoms with Crippen LogP contribution in [0, 0.1) is 0 Å². The van der Waals surface area contributed by atoms with Gasteiger partial charge in [0.2, 0.25) is 0 Å². The molecule has 1 aromatic carbocycles. The summed E-state index contributed by atoms with van der Waals surface area (Å²) in [5.41, 5.74) is 0.849. The van der Waals surface area contributed by atoms with Crippen molar-refractivity contribution < 1.29 is 24.6 Å². The van der Waals surface area contributed by atoms with Gasteiger partial charge in [0, 0.05) is 24.2 Å². The highest BCUT2D eigenvalue weighted by Gasteiger charge is 2.38. The third-order valence-corrected chi connectivity index (χ3v) is 3.35. The molecule has 1 unspecified atom stereocenters. The quantitative estimate of drug-likeness (QED) is 0.719. The molecule has 1 aliphatic rings. The maximum Gasteiger partial charge on any atom is 0.326 e. The van der Waals surface area contributed by atoms with Crippen LogP contribution in [0.4, 0.5) is 10.5 Å². The number of hydrogen-bond acceptors (Lipinski definition) is 4. The first-order valence-electron chi connectivity index (χ1n) is 6.48. The van der Waals surface area contributed by atoms with Crippen LogP contribution >= 0.6 is 0 Å². The Morgan fingerprint density at radius 1 is 1.33 bits per heavy atom. The lowest BCUT2D eigenvalue weighted by atomic mass is 10.1. The fraction of sp³-hybridized carbons (Fsp3) is 0.357. The van der Waals surface area contributed by atoms with Gasteiger partial charge in [-0.3, -0.25) is 4.79 Å². The molecule has 3 N–H and O–H groups in total. The zero-order valence-electron chi connectivity index (χ0n) is 11.4. The van der Waals surface area contributed by atoms with Gasteiger partial charge in [0.05, 0.1) is 6.10 Å². The van der Waals surface area contributed by atoms with Crippen LogP contribution in [0.2, 0.25) is 0 Å². The Kier molecular flexibility index (Phi) is 4.23. The van der Waals surface area contributed by atoms with Gasteiger partial charge in [-0.15, -0.1) is 0 Å². The molecular weight excluding hydrogens is 276 g/mol. The minimum Gasteiger partial charge on any atom is -0.480 e. The van der Waals surface area contributed by atoms with Crippen molar-refractivity contribution in [3.05, 3.63) is 29.8 Å².